The van der Waals surface area contributed by atoms with E-state index >= 15 is 0 Å². The van der Waals surface area contributed by atoms with Gasteiger partial charge in [0.15, 0.2) is 0 Å². The summed E-state index contributed by atoms with van der Waals surface area (Å²) >= 11 is 0. The second kappa shape index (κ2) is 13.2. The number of carbonyl (C=O) groups excluding carboxylic acids is 2. The van der Waals surface area contributed by atoms with Gasteiger partial charge in [-0.3, -0.25) is 13.9 Å². The molecular weight excluding hydrogens is 521 g/mol. The van der Waals surface area contributed by atoms with Gasteiger partial charge in [0, 0.05) is 12.6 Å². The number of halogens is 1. The van der Waals surface area contributed by atoms with Crippen molar-refractivity contribution in [3.05, 3.63) is 90.2 Å². The third kappa shape index (κ3) is 7.57. The van der Waals surface area contributed by atoms with Gasteiger partial charge >= 0.3 is 0 Å². The van der Waals surface area contributed by atoms with E-state index in [0.29, 0.717) is 23.4 Å². The molecule has 0 radical (unpaired) electrons. The third-order valence-electron chi connectivity index (χ3n) is 6.05. The van der Waals surface area contributed by atoms with Gasteiger partial charge in [-0.25, -0.2) is 12.8 Å². The maximum atomic E-state index is 13.9. The molecule has 0 saturated heterocycles. The van der Waals surface area contributed by atoms with E-state index in [1.807, 2.05) is 13.8 Å². The zero-order valence-electron chi connectivity index (χ0n) is 22.5. The van der Waals surface area contributed by atoms with E-state index in [1.165, 1.54) is 60.5 Å². The quantitative estimate of drug-likeness (QED) is 0.358. The Morgan fingerprint density at radius 1 is 0.949 bits per heavy atom. The summed E-state index contributed by atoms with van der Waals surface area (Å²) in [7, 11) is -2.70. The molecule has 0 bridgehead atoms. The fourth-order valence-corrected chi connectivity index (χ4v) is 5.50. The minimum absolute atomic E-state index is 0.00561. The normalized spacial score (nSPS) is 12.1. The van der Waals surface area contributed by atoms with Crippen molar-refractivity contribution in [2.75, 3.05) is 18.0 Å². The Kier molecular flexibility index (Phi) is 10.1. The van der Waals surface area contributed by atoms with Gasteiger partial charge in [-0.2, -0.15) is 0 Å². The molecule has 1 N–H and O–H groups in total. The molecule has 39 heavy (non-hydrogen) atoms. The van der Waals surface area contributed by atoms with E-state index in [9.17, 15) is 22.4 Å². The van der Waals surface area contributed by atoms with E-state index in [4.69, 9.17) is 4.74 Å². The molecule has 1 atom stereocenters. The molecule has 3 aromatic rings. The predicted octanol–water partition coefficient (Wildman–Crippen LogP) is 4.36. The molecule has 0 saturated carbocycles. The predicted molar refractivity (Wildman–Crippen MR) is 148 cm³/mol. The van der Waals surface area contributed by atoms with Crippen molar-refractivity contribution in [3.8, 4) is 5.75 Å². The summed E-state index contributed by atoms with van der Waals surface area (Å²) in [6.45, 7) is 4.85. The standard InChI is InChI=1S/C29H34FN3O5S/c1-5-27(29(35)31-21(2)3)32(19-22-11-13-23(30)14-12-22)28(34)20-33(24-9-7-6-8-10-24)39(36,37)26-17-15-25(38-4)16-18-26/h6-18,21,27H,5,19-20H2,1-4H3,(H,31,35)/t27-/m1/s1. The van der Waals surface area contributed by atoms with E-state index in [2.05, 4.69) is 5.32 Å². The Hall–Kier alpha value is -3.92. The van der Waals surface area contributed by atoms with Crippen LogP contribution < -0.4 is 14.4 Å². The molecule has 3 rings (SSSR count). The number of sulfonamides is 1. The number of nitrogens with one attached hydrogen (secondary N) is 1. The molecule has 0 heterocycles. The van der Waals surface area contributed by atoms with Crippen LogP contribution in [0.4, 0.5) is 10.1 Å². The van der Waals surface area contributed by atoms with Gasteiger partial charge in [-0.1, -0.05) is 37.3 Å². The summed E-state index contributed by atoms with van der Waals surface area (Å²) < 4.78 is 47.3. The number of hydrogen-bond donors (Lipinski definition) is 1. The number of amides is 2. The van der Waals surface area contributed by atoms with Crippen molar-refractivity contribution < 1.29 is 27.1 Å². The van der Waals surface area contributed by atoms with Crippen molar-refractivity contribution in [3.63, 3.8) is 0 Å². The van der Waals surface area contributed by atoms with Gasteiger partial charge in [0.2, 0.25) is 11.8 Å². The van der Waals surface area contributed by atoms with Crippen LogP contribution in [0, 0.1) is 5.82 Å². The molecular formula is C29H34FN3O5S. The minimum Gasteiger partial charge on any atom is -0.497 e. The number of nitrogens with zero attached hydrogens (tertiary/aromatic N) is 2. The molecule has 208 valence electrons. The van der Waals surface area contributed by atoms with Gasteiger partial charge in [0.1, 0.15) is 24.2 Å². The highest BCUT2D eigenvalue weighted by atomic mass is 32.2. The van der Waals surface area contributed by atoms with Crippen LogP contribution in [-0.2, 0) is 26.2 Å². The van der Waals surface area contributed by atoms with Crippen molar-refractivity contribution in [2.45, 2.75) is 50.7 Å². The molecule has 3 aromatic carbocycles. The number of para-hydroxylation sites is 1. The Morgan fingerprint density at radius 2 is 1.56 bits per heavy atom. The second-order valence-electron chi connectivity index (χ2n) is 9.26. The second-order valence-corrected chi connectivity index (χ2v) is 11.1. The van der Waals surface area contributed by atoms with E-state index in [-0.39, 0.29) is 23.4 Å². The molecule has 0 spiro atoms. The maximum Gasteiger partial charge on any atom is 0.264 e. The van der Waals surface area contributed by atoms with Gasteiger partial charge in [-0.05, 0) is 74.4 Å². The third-order valence-corrected chi connectivity index (χ3v) is 7.84. The van der Waals surface area contributed by atoms with Gasteiger partial charge in [0.05, 0.1) is 17.7 Å². The van der Waals surface area contributed by atoms with Crippen molar-refractivity contribution in [1.29, 1.82) is 0 Å². The monoisotopic (exact) mass is 555 g/mol. The summed E-state index contributed by atoms with van der Waals surface area (Å²) in [6, 6.07) is 18.8. The van der Waals surface area contributed by atoms with Gasteiger partial charge in [-0.15, -0.1) is 0 Å². The molecule has 10 heteroatoms. The lowest BCUT2D eigenvalue weighted by atomic mass is 10.1. The molecule has 0 aliphatic rings. The fourth-order valence-electron chi connectivity index (χ4n) is 4.08. The van der Waals surface area contributed by atoms with Crippen LogP contribution in [0.3, 0.4) is 0 Å². The van der Waals surface area contributed by atoms with Crippen LogP contribution in [0.15, 0.2) is 83.8 Å². The molecule has 0 unspecified atom stereocenters. The first-order chi connectivity index (χ1) is 18.6. The molecule has 0 fully saturated rings. The first-order valence-electron chi connectivity index (χ1n) is 12.6. The highest BCUT2D eigenvalue weighted by Gasteiger charge is 2.33. The molecule has 0 aromatic heterocycles. The Bertz CT molecular complexity index is 1350. The van der Waals surface area contributed by atoms with Crippen molar-refractivity contribution in [2.24, 2.45) is 0 Å². The van der Waals surface area contributed by atoms with Gasteiger partial charge < -0.3 is 15.0 Å². The topological polar surface area (TPSA) is 96.0 Å². The van der Waals surface area contributed by atoms with Crippen molar-refractivity contribution in [1.82, 2.24) is 10.2 Å². The van der Waals surface area contributed by atoms with Crippen LogP contribution >= 0.6 is 0 Å². The van der Waals surface area contributed by atoms with Crippen LogP contribution in [0.25, 0.3) is 0 Å². The lowest BCUT2D eigenvalue weighted by Gasteiger charge is -2.33. The summed E-state index contributed by atoms with van der Waals surface area (Å²) in [4.78, 5) is 28.3. The number of ether oxygens (including phenoxy) is 1. The van der Waals surface area contributed by atoms with Crippen molar-refractivity contribution >= 4 is 27.5 Å². The summed E-state index contributed by atoms with van der Waals surface area (Å²) in [6.07, 6.45) is 0.294. The molecule has 8 nitrogen and oxygen atoms in total. The van der Waals surface area contributed by atoms with E-state index in [1.54, 1.807) is 37.3 Å². The summed E-state index contributed by atoms with van der Waals surface area (Å²) in [5, 5.41) is 2.84. The van der Waals surface area contributed by atoms with Crippen LogP contribution in [0.5, 0.6) is 5.75 Å². The average Bonchev–Trinajstić information content (AvgIpc) is 2.92. The van der Waals surface area contributed by atoms with Crippen LogP contribution in [0.1, 0.15) is 32.8 Å². The summed E-state index contributed by atoms with van der Waals surface area (Å²) in [5.74, 6) is -0.871. The Balaban J connectivity index is 2.03. The van der Waals surface area contributed by atoms with Gasteiger partial charge in [0.25, 0.3) is 10.0 Å². The largest absolute Gasteiger partial charge is 0.497 e. The lowest BCUT2D eigenvalue weighted by molar-refractivity contribution is -0.140. The average molecular weight is 556 g/mol. The maximum absolute atomic E-state index is 13.9. The zero-order chi connectivity index (χ0) is 28.6. The number of carbonyl (C=O) groups is 2. The number of rotatable bonds is 12. The summed E-state index contributed by atoms with van der Waals surface area (Å²) in [5.41, 5.74) is 0.896. The smallest absolute Gasteiger partial charge is 0.264 e. The highest BCUT2D eigenvalue weighted by Crippen LogP contribution is 2.26. The fraction of sp³-hybridized carbons (Fsp3) is 0.310. The molecule has 0 aliphatic carbocycles. The zero-order valence-corrected chi connectivity index (χ0v) is 23.3. The SMILES string of the molecule is CC[C@H](C(=O)NC(C)C)N(Cc1ccc(F)cc1)C(=O)CN(c1ccccc1)S(=O)(=O)c1ccc(OC)cc1. The first kappa shape index (κ1) is 29.6. The first-order valence-corrected chi connectivity index (χ1v) is 14.1. The minimum atomic E-state index is -4.18. The lowest BCUT2D eigenvalue weighted by Crippen LogP contribution is -2.53. The molecule has 2 amide bonds. The van der Waals surface area contributed by atoms with E-state index in [0.717, 1.165) is 4.31 Å². The Morgan fingerprint density at radius 3 is 2.10 bits per heavy atom. The highest BCUT2D eigenvalue weighted by molar-refractivity contribution is 7.92. The number of hydrogen-bond acceptors (Lipinski definition) is 5. The number of benzene rings is 3. The number of anilines is 1. The number of methoxy groups -OCH3 is 1. The Labute approximate surface area is 229 Å². The van der Waals surface area contributed by atoms with Crippen LogP contribution in [0.2, 0.25) is 0 Å². The van der Waals surface area contributed by atoms with Crippen LogP contribution in [-0.4, -0.2) is 50.9 Å². The molecule has 0 aliphatic heterocycles. The van der Waals surface area contributed by atoms with E-state index < -0.39 is 34.3 Å².